The largest absolute Gasteiger partial charge is 0.325 e. The van der Waals surface area contributed by atoms with Crippen LogP contribution in [0.3, 0.4) is 0 Å². The maximum atomic E-state index is 13.6. The Balaban J connectivity index is 2.33. The van der Waals surface area contributed by atoms with Crippen molar-refractivity contribution >= 4 is 21.6 Å². The van der Waals surface area contributed by atoms with Crippen molar-refractivity contribution in [1.82, 2.24) is 9.97 Å². The van der Waals surface area contributed by atoms with Crippen LogP contribution in [0.5, 0.6) is 0 Å². The van der Waals surface area contributed by atoms with Crippen LogP contribution < -0.4 is 16.0 Å². The lowest BCUT2D eigenvalue weighted by atomic mass is 10.3. The van der Waals surface area contributed by atoms with Crippen LogP contribution in [0, 0.1) is 5.82 Å². The number of rotatable bonds is 3. The predicted molar refractivity (Wildman–Crippen MR) is 70.6 cm³/mol. The number of nitrogens with two attached hydrogens (primary N) is 1. The number of sulfonamides is 1. The van der Waals surface area contributed by atoms with E-state index in [0.717, 1.165) is 30.6 Å². The molecule has 0 spiro atoms. The highest BCUT2D eigenvalue weighted by Gasteiger charge is 2.15. The number of anilines is 1. The molecule has 0 aliphatic rings. The van der Waals surface area contributed by atoms with Gasteiger partial charge in [-0.15, -0.1) is 0 Å². The van der Waals surface area contributed by atoms with Crippen LogP contribution >= 0.6 is 0 Å². The molecule has 1 amide bonds. The second-order valence-corrected chi connectivity index (χ2v) is 5.50. The standard InChI is InChI=1S/C11H9FN4O4S/c12-7-2-1-6(21(13,19)20)3-8(7)16-11(18)9-4-15-10(17)5-14-9/h1-5H,(H,15,17)(H,16,18)(H2,13,19,20). The van der Waals surface area contributed by atoms with E-state index < -0.39 is 27.3 Å². The molecule has 2 aromatic rings. The van der Waals surface area contributed by atoms with Gasteiger partial charge in [0.25, 0.3) is 11.5 Å². The third-order valence-corrected chi connectivity index (χ3v) is 3.33. The first-order valence-corrected chi connectivity index (χ1v) is 7.00. The van der Waals surface area contributed by atoms with Crippen LogP contribution in [0.25, 0.3) is 0 Å². The molecule has 0 saturated carbocycles. The summed E-state index contributed by atoms with van der Waals surface area (Å²) in [5, 5.41) is 7.06. The molecule has 4 N–H and O–H groups in total. The number of carbonyl (C=O) groups excluding carboxylic acids is 1. The first-order valence-electron chi connectivity index (χ1n) is 5.46. The minimum Gasteiger partial charge on any atom is -0.325 e. The van der Waals surface area contributed by atoms with E-state index >= 15 is 0 Å². The first kappa shape index (κ1) is 14.8. The third kappa shape index (κ3) is 3.49. The van der Waals surface area contributed by atoms with Crippen molar-refractivity contribution in [3.63, 3.8) is 0 Å². The fraction of sp³-hybridized carbons (Fsp3) is 0. The molecule has 0 radical (unpaired) electrons. The molecule has 0 fully saturated rings. The Kier molecular flexibility index (Phi) is 3.82. The lowest BCUT2D eigenvalue weighted by Gasteiger charge is -2.07. The number of aromatic nitrogens is 2. The van der Waals surface area contributed by atoms with E-state index in [4.69, 9.17) is 5.14 Å². The van der Waals surface area contributed by atoms with Gasteiger partial charge in [0.15, 0.2) is 0 Å². The Morgan fingerprint density at radius 2 is 2.10 bits per heavy atom. The quantitative estimate of drug-likeness (QED) is 0.722. The van der Waals surface area contributed by atoms with E-state index in [-0.39, 0.29) is 16.3 Å². The normalized spacial score (nSPS) is 11.1. The van der Waals surface area contributed by atoms with Crippen LogP contribution in [0.2, 0.25) is 0 Å². The van der Waals surface area contributed by atoms with Crippen molar-refractivity contribution in [1.29, 1.82) is 0 Å². The number of benzene rings is 1. The van der Waals surface area contributed by atoms with E-state index in [2.05, 4.69) is 15.3 Å². The molecule has 1 heterocycles. The minimum atomic E-state index is -4.03. The number of H-pyrrole nitrogens is 1. The molecular weight excluding hydrogens is 303 g/mol. The smallest absolute Gasteiger partial charge is 0.275 e. The van der Waals surface area contributed by atoms with Gasteiger partial charge in [-0.05, 0) is 18.2 Å². The van der Waals surface area contributed by atoms with Crippen LogP contribution in [0.4, 0.5) is 10.1 Å². The Morgan fingerprint density at radius 1 is 1.38 bits per heavy atom. The number of hydrogen-bond donors (Lipinski definition) is 3. The fourth-order valence-electron chi connectivity index (χ4n) is 1.43. The monoisotopic (exact) mass is 312 g/mol. The van der Waals surface area contributed by atoms with Gasteiger partial charge in [-0.2, -0.15) is 0 Å². The van der Waals surface area contributed by atoms with E-state index in [1.54, 1.807) is 0 Å². The van der Waals surface area contributed by atoms with E-state index in [1.807, 2.05) is 0 Å². The van der Waals surface area contributed by atoms with Gasteiger partial charge in [0, 0.05) is 6.20 Å². The number of nitrogens with zero attached hydrogens (tertiary/aromatic N) is 1. The molecule has 0 unspecified atom stereocenters. The van der Waals surface area contributed by atoms with Gasteiger partial charge < -0.3 is 10.3 Å². The van der Waals surface area contributed by atoms with Crippen LogP contribution in [-0.2, 0) is 10.0 Å². The number of nitrogens with one attached hydrogen (secondary N) is 2. The zero-order chi connectivity index (χ0) is 15.6. The molecule has 0 saturated heterocycles. The maximum absolute atomic E-state index is 13.6. The van der Waals surface area contributed by atoms with Gasteiger partial charge in [0.1, 0.15) is 11.5 Å². The number of amides is 1. The summed E-state index contributed by atoms with van der Waals surface area (Å²) in [6.45, 7) is 0. The minimum absolute atomic E-state index is 0.171. The van der Waals surface area contributed by atoms with Crippen molar-refractivity contribution in [2.24, 2.45) is 5.14 Å². The molecule has 0 bridgehead atoms. The fourth-order valence-corrected chi connectivity index (χ4v) is 1.97. The second-order valence-electron chi connectivity index (χ2n) is 3.94. The zero-order valence-corrected chi connectivity index (χ0v) is 11.1. The van der Waals surface area contributed by atoms with E-state index in [1.165, 1.54) is 0 Å². The molecule has 110 valence electrons. The highest BCUT2D eigenvalue weighted by Crippen LogP contribution is 2.19. The molecule has 0 aliphatic carbocycles. The Morgan fingerprint density at radius 3 is 2.67 bits per heavy atom. The van der Waals surface area contributed by atoms with E-state index in [9.17, 15) is 22.4 Å². The van der Waals surface area contributed by atoms with Gasteiger partial charge in [-0.3, -0.25) is 9.59 Å². The maximum Gasteiger partial charge on any atom is 0.275 e. The number of halogens is 1. The molecule has 8 nitrogen and oxygen atoms in total. The highest BCUT2D eigenvalue weighted by atomic mass is 32.2. The van der Waals surface area contributed by atoms with Crippen LogP contribution in [0.15, 0.2) is 40.3 Å². The van der Waals surface area contributed by atoms with Crippen LogP contribution in [-0.4, -0.2) is 24.3 Å². The van der Waals surface area contributed by atoms with Gasteiger partial charge in [-0.1, -0.05) is 0 Å². The van der Waals surface area contributed by atoms with Gasteiger partial charge in [0.2, 0.25) is 10.0 Å². The molecule has 10 heteroatoms. The lowest BCUT2D eigenvalue weighted by Crippen LogP contribution is -2.18. The number of primary sulfonamides is 1. The lowest BCUT2D eigenvalue weighted by molar-refractivity contribution is 0.102. The SMILES string of the molecule is NS(=O)(=O)c1ccc(F)c(NC(=O)c2c[nH]c(=O)cn2)c1. The number of carbonyl (C=O) groups is 1. The van der Waals surface area contributed by atoms with Gasteiger partial charge in [0.05, 0.1) is 16.8 Å². The summed E-state index contributed by atoms with van der Waals surface area (Å²) in [5.74, 6) is -1.67. The molecule has 1 aromatic carbocycles. The molecule has 0 atom stereocenters. The summed E-state index contributed by atoms with van der Waals surface area (Å²) < 4.78 is 35.9. The van der Waals surface area contributed by atoms with Crippen molar-refractivity contribution in [3.05, 3.63) is 52.5 Å². The molecule has 0 aliphatic heterocycles. The average Bonchev–Trinajstić information content (AvgIpc) is 2.40. The zero-order valence-electron chi connectivity index (χ0n) is 10.3. The number of hydrogen-bond acceptors (Lipinski definition) is 5. The summed E-state index contributed by atoms with van der Waals surface area (Å²) in [7, 11) is -4.03. The summed E-state index contributed by atoms with van der Waals surface area (Å²) in [6.07, 6.45) is 1.92. The Bertz CT molecular complexity index is 842. The average molecular weight is 312 g/mol. The summed E-state index contributed by atoms with van der Waals surface area (Å²) >= 11 is 0. The highest BCUT2D eigenvalue weighted by molar-refractivity contribution is 7.89. The number of aromatic amines is 1. The van der Waals surface area contributed by atoms with Crippen molar-refractivity contribution in [2.75, 3.05) is 5.32 Å². The Labute approximate surface area is 117 Å². The summed E-state index contributed by atoms with van der Waals surface area (Å²) in [4.78, 5) is 28.0. The molecular formula is C11H9FN4O4S. The molecule has 1 aromatic heterocycles. The predicted octanol–water partition coefficient (Wildman–Crippen LogP) is -0.191. The van der Waals surface area contributed by atoms with Gasteiger partial charge in [-0.25, -0.2) is 22.9 Å². The topological polar surface area (TPSA) is 135 Å². The molecule has 21 heavy (non-hydrogen) atoms. The van der Waals surface area contributed by atoms with Gasteiger partial charge >= 0.3 is 0 Å². The second kappa shape index (κ2) is 5.42. The van der Waals surface area contributed by atoms with Crippen LogP contribution in [0.1, 0.15) is 10.5 Å². The Hall–Kier alpha value is -2.59. The first-order chi connectivity index (χ1) is 9.77. The summed E-state index contributed by atoms with van der Waals surface area (Å²) in [6, 6.07) is 2.71. The molecule has 2 rings (SSSR count). The third-order valence-electron chi connectivity index (χ3n) is 2.42. The van der Waals surface area contributed by atoms with Crippen molar-refractivity contribution in [3.8, 4) is 0 Å². The summed E-state index contributed by atoms with van der Waals surface area (Å²) in [5.41, 5.74) is -1.05. The van der Waals surface area contributed by atoms with Crippen molar-refractivity contribution in [2.45, 2.75) is 4.90 Å². The van der Waals surface area contributed by atoms with E-state index in [0.29, 0.717) is 0 Å². The van der Waals surface area contributed by atoms with Crippen molar-refractivity contribution < 1.29 is 17.6 Å².